The second-order valence-corrected chi connectivity index (χ2v) is 4.27. The predicted molar refractivity (Wildman–Crippen MR) is 69.7 cm³/mol. The van der Waals surface area contributed by atoms with Crippen LogP contribution in [0.25, 0.3) is 0 Å². The highest BCUT2D eigenvalue weighted by Crippen LogP contribution is 2.33. The smallest absolute Gasteiger partial charge is 0.231 e. The Morgan fingerprint density at radius 1 is 1.15 bits per heavy atom. The maximum absolute atomic E-state index is 9.58. The summed E-state index contributed by atoms with van der Waals surface area (Å²) in [4.78, 5) is 0. The van der Waals surface area contributed by atoms with Crippen molar-refractivity contribution >= 4 is 0 Å². The highest BCUT2D eigenvalue weighted by Gasteiger charge is 2.13. The second kappa shape index (κ2) is 5.02. The van der Waals surface area contributed by atoms with Gasteiger partial charge >= 0.3 is 0 Å². The molecule has 0 bridgehead atoms. The number of ether oxygens (including phenoxy) is 3. The minimum atomic E-state index is -0.0873. The Labute approximate surface area is 115 Å². The number of rotatable bonds is 3. The molecule has 0 saturated carbocycles. The Bertz CT molecular complexity index is 680. The Balaban J connectivity index is 1.70. The van der Waals surface area contributed by atoms with Gasteiger partial charge in [-0.05, 0) is 29.8 Å². The highest BCUT2D eigenvalue weighted by molar-refractivity contribution is 5.47. The number of phenols is 1. The molecule has 1 aliphatic rings. The van der Waals surface area contributed by atoms with Crippen molar-refractivity contribution in [1.29, 1.82) is 5.26 Å². The Kier molecular flexibility index (Phi) is 3.05. The first-order valence-corrected chi connectivity index (χ1v) is 6.01. The van der Waals surface area contributed by atoms with Crippen LogP contribution in [0, 0.1) is 11.3 Å². The molecule has 0 spiro atoms. The molecule has 3 rings (SSSR count). The summed E-state index contributed by atoms with van der Waals surface area (Å²) in [7, 11) is 0. The van der Waals surface area contributed by atoms with Crippen LogP contribution in [0.5, 0.6) is 23.0 Å². The van der Waals surface area contributed by atoms with E-state index in [-0.39, 0.29) is 18.1 Å². The van der Waals surface area contributed by atoms with Crippen molar-refractivity contribution in [2.24, 2.45) is 0 Å². The molecule has 5 heteroatoms. The topological polar surface area (TPSA) is 71.7 Å². The lowest BCUT2D eigenvalue weighted by Crippen LogP contribution is -1.95. The molecule has 0 aromatic heterocycles. The molecular formula is C15H11NO4. The van der Waals surface area contributed by atoms with E-state index >= 15 is 0 Å². The van der Waals surface area contributed by atoms with Crippen LogP contribution >= 0.6 is 0 Å². The first kappa shape index (κ1) is 12.2. The lowest BCUT2D eigenvalue weighted by molar-refractivity contribution is 0.174. The standard InChI is InChI=1S/C15H11NO4/c16-7-11-2-3-12(6-13(11)17)18-8-10-1-4-14-15(5-10)20-9-19-14/h1-6,17H,8-9H2. The molecule has 20 heavy (non-hydrogen) atoms. The molecular weight excluding hydrogens is 258 g/mol. The fourth-order valence-electron chi connectivity index (χ4n) is 1.89. The lowest BCUT2D eigenvalue weighted by Gasteiger charge is -2.07. The molecule has 100 valence electrons. The summed E-state index contributed by atoms with van der Waals surface area (Å²) in [6.07, 6.45) is 0. The molecule has 0 aliphatic carbocycles. The van der Waals surface area contributed by atoms with E-state index in [9.17, 15) is 5.11 Å². The third-order valence-corrected chi connectivity index (χ3v) is 2.93. The quantitative estimate of drug-likeness (QED) is 0.927. The Morgan fingerprint density at radius 3 is 2.80 bits per heavy atom. The molecule has 1 N–H and O–H groups in total. The number of nitrogens with zero attached hydrogens (tertiary/aromatic N) is 1. The van der Waals surface area contributed by atoms with Crippen LogP contribution in [0.4, 0.5) is 0 Å². The molecule has 0 fully saturated rings. The van der Waals surface area contributed by atoms with Crippen molar-refractivity contribution < 1.29 is 19.3 Å². The summed E-state index contributed by atoms with van der Waals surface area (Å²) in [5.41, 5.74) is 1.15. The number of fused-ring (bicyclic) bond motifs is 1. The van der Waals surface area contributed by atoms with E-state index in [0.717, 1.165) is 11.3 Å². The predicted octanol–water partition coefficient (Wildman–Crippen LogP) is 2.57. The first-order valence-electron chi connectivity index (χ1n) is 6.01. The maximum atomic E-state index is 9.58. The van der Waals surface area contributed by atoms with Gasteiger partial charge in [0.1, 0.15) is 24.2 Å². The van der Waals surface area contributed by atoms with Crippen molar-refractivity contribution in [3.63, 3.8) is 0 Å². The van der Waals surface area contributed by atoms with Gasteiger partial charge in [0, 0.05) is 6.07 Å². The average molecular weight is 269 g/mol. The van der Waals surface area contributed by atoms with Gasteiger partial charge in [0.25, 0.3) is 0 Å². The number of aromatic hydroxyl groups is 1. The van der Waals surface area contributed by atoms with Crippen LogP contribution in [0.15, 0.2) is 36.4 Å². The zero-order valence-corrected chi connectivity index (χ0v) is 10.5. The van der Waals surface area contributed by atoms with Crippen molar-refractivity contribution in [3.8, 4) is 29.1 Å². The Morgan fingerprint density at radius 2 is 2.00 bits per heavy atom. The summed E-state index contributed by atoms with van der Waals surface area (Å²) in [6, 6.07) is 12.0. The first-order chi connectivity index (χ1) is 9.76. The molecule has 0 radical (unpaired) electrons. The van der Waals surface area contributed by atoms with Crippen molar-refractivity contribution in [1.82, 2.24) is 0 Å². The van der Waals surface area contributed by atoms with E-state index in [1.54, 1.807) is 6.07 Å². The molecule has 5 nitrogen and oxygen atoms in total. The van der Waals surface area contributed by atoms with E-state index in [2.05, 4.69) is 0 Å². The maximum Gasteiger partial charge on any atom is 0.231 e. The van der Waals surface area contributed by atoms with Gasteiger partial charge in [-0.3, -0.25) is 0 Å². The summed E-state index contributed by atoms with van der Waals surface area (Å²) in [6.45, 7) is 0.575. The van der Waals surface area contributed by atoms with Crippen LogP contribution in [0.3, 0.4) is 0 Å². The third-order valence-electron chi connectivity index (χ3n) is 2.93. The number of phenolic OH excluding ortho intramolecular Hbond substituents is 1. The number of benzene rings is 2. The summed E-state index contributed by atoms with van der Waals surface area (Å²) < 4.78 is 16.1. The second-order valence-electron chi connectivity index (χ2n) is 4.27. The van der Waals surface area contributed by atoms with Gasteiger partial charge in [0.05, 0.1) is 5.56 Å². The van der Waals surface area contributed by atoms with E-state index in [4.69, 9.17) is 19.5 Å². The molecule has 0 unspecified atom stereocenters. The highest BCUT2D eigenvalue weighted by atomic mass is 16.7. The molecule has 1 aliphatic heterocycles. The minimum Gasteiger partial charge on any atom is -0.506 e. The van der Waals surface area contributed by atoms with E-state index in [1.165, 1.54) is 12.1 Å². The average Bonchev–Trinajstić information content (AvgIpc) is 2.92. The van der Waals surface area contributed by atoms with E-state index < -0.39 is 0 Å². The van der Waals surface area contributed by atoms with Crippen molar-refractivity contribution in [3.05, 3.63) is 47.5 Å². The minimum absolute atomic E-state index is 0.0873. The lowest BCUT2D eigenvalue weighted by atomic mass is 10.2. The van der Waals surface area contributed by atoms with Gasteiger partial charge < -0.3 is 19.3 Å². The zero-order valence-electron chi connectivity index (χ0n) is 10.5. The van der Waals surface area contributed by atoms with Crippen LogP contribution in [0.1, 0.15) is 11.1 Å². The van der Waals surface area contributed by atoms with Gasteiger partial charge in [-0.15, -0.1) is 0 Å². The van der Waals surface area contributed by atoms with Gasteiger partial charge in [0.2, 0.25) is 6.79 Å². The molecule has 2 aromatic rings. The third kappa shape index (κ3) is 2.31. The normalized spacial score (nSPS) is 11.9. The van der Waals surface area contributed by atoms with Crippen molar-refractivity contribution in [2.75, 3.05) is 6.79 Å². The van der Waals surface area contributed by atoms with Crippen LogP contribution in [-0.2, 0) is 6.61 Å². The number of nitriles is 1. The molecule has 0 amide bonds. The monoisotopic (exact) mass is 269 g/mol. The summed E-state index contributed by atoms with van der Waals surface area (Å²) >= 11 is 0. The van der Waals surface area contributed by atoms with Crippen molar-refractivity contribution in [2.45, 2.75) is 6.61 Å². The largest absolute Gasteiger partial charge is 0.506 e. The zero-order chi connectivity index (χ0) is 13.9. The van der Waals surface area contributed by atoms with Gasteiger partial charge in [-0.25, -0.2) is 0 Å². The number of hydrogen-bond donors (Lipinski definition) is 1. The van der Waals surface area contributed by atoms with Gasteiger partial charge in [0.15, 0.2) is 11.5 Å². The van der Waals surface area contributed by atoms with Crippen LogP contribution < -0.4 is 14.2 Å². The van der Waals surface area contributed by atoms with E-state index in [1.807, 2.05) is 24.3 Å². The fourth-order valence-corrected chi connectivity index (χ4v) is 1.89. The van der Waals surface area contributed by atoms with Gasteiger partial charge in [-0.1, -0.05) is 6.07 Å². The summed E-state index contributed by atoms with van der Waals surface area (Å²) in [5, 5.41) is 18.3. The fraction of sp³-hybridized carbons (Fsp3) is 0.133. The van der Waals surface area contributed by atoms with Crippen LogP contribution in [0.2, 0.25) is 0 Å². The molecule has 0 atom stereocenters. The summed E-state index contributed by atoms with van der Waals surface area (Å²) in [5.74, 6) is 1.84. The van der Waals surface area contributed by atoms with Crippen LogP contribution in [-0.4, -0.2) is 11.9 Å². The van der Waals surface area contributed by atoms with Gasteiger partial charge in [-0.2, -0.15) is 5.26 Å². The van der Waals surface area contributed by atoms with E-state index in [0.29, 0.717) is 18.1 Å². The molecule has 0 saturated heterocycles. The molecule has 1 heterocycles. The SMILES string of the molecule is N#Cc1ccc(OCc2ccc3c(c2)OCO3)cc1O. The Hall–Kier alpha value is -2.87. The molecule has 2 aromatic carbocycles. The number of hydrogen-bond acceptors (Lipinski definition) is 5.